The molecule has 1 saturated carbocycles. The van der Waals surface area contributed by atoms with E-state index in [2.05, 4.69) is 46.4 Å². The Morgan fingerprint density at radius 3 is 3.10 bits per heavy atom. The van der Waals surface area contributed by atoms with Crippen molar-refractivity contribution in [2.45, 2.75) is 44.7 Å². The molecule has 3 rings (SSSR count). The van der Waals surface area contributed by atoms with Crippen molar-refractivity contribution in [3.8, 4) is 0 Å². The van der Waals surface area contributed by atoms with Gasteiger partial charge in [-0.15, -0.1) is 0 Å². The number of nitrogens with zero attached hydrogens (tertiary/aromatic N) is 1. The number of aliphatic imine (C=N–C) groups is 1. The molecule has 1 aromatic rings. The van der Waals surface area contributed by atoms with Crippen molar-refractivity contribution in [2.75, 3.05) is 5.75 Å². The molecule has 0 bridgehead atoms. The van der Waals surface area contributed by atoms with Gasteiger partial charge in [-0.25, -0.2) is 0 Å². The molecule has 1 aliphatic carbocycles. The summed E-state index contributed by atoms with van der Waals surface area (Å²) in [5, 5.41) is 4.86. The number of benzene rings is 1. The quantitative estimate of drug-likeness (QED) is 0.841. The lowest BCUT2D eigenvalue weighted by molar-refractivity contribution is 0.242. The summed E-state index contributed by atoms with van der Waals surface area (Å²) < 4.78 is 1.15. The number of hydrogen-bond acceptors (Lipinski definition) is 2. The van der Waals surface area contributed by atoms with Crippen LogP contribution >= 0.6 is 27.7 Å². The largest absolute Gasteiger partial charge is 0.359 e. The maximum absolute atomic E-state index is 4.77. The van der Waals surface area contributed by atoms with Crippen LogP contribution in [-0.2, 0) is 6.54 Å². The Morgan fingerprint density at radius 2 is 2.30 bits per heavy atom. The highest BCUT2D eigenvalue weighted by Gasteiger charge is 2.40. The third kappa shape index (κ3) is 3.22. The van der Waals surface area contributed by atoms with Crippen molar-refractivity contribution in [3.63, 3.8) is 0 Å². The second kappa shape index (κ2) is 6.10. The molecule has 2 nitrogen and oxygen atoms in total. The smallest absolute Gasteiger partial charge is 0.157 e. The molecule has 1 heterocycles. The molecule has 2 aliphatic rings. The van der Waals surface area contributed by atoms with Crippen LogP contribution in [0.5, 0.6) is 0 Å². The molecule has 2 fully saturated rings. The van der Waals surface area contributed by atoms with E-state index in [1.165, 1.54) is 37.0 Å². The zero-order valence-electron chi connectivity index (χ0n) is 11.9. The highest BCUT2D eigenvalue weighted by atomic mass is 79.9. The van der Waals surface area contributed by atoms with E-state index in [1.807, 2.05) is 17.8 Å². The minimum absolute atomic E-state index is 0.328. The third-order valence-corrected chi connectivity index (χ3v) is 6.27. The average molecular weight is 353 g/mol. The van der Waals surface area contributed by atoms with Gasteiger partial charge in [-0.2, -0.15) is 0 Å². The normalized spacial score (nSPS) is 31.7. The minimum atomic E-state index is 0.328. The number of thioether (sulfide) groups is 1. The number of nitrogens with one attached hydrogen (secondary N) is 1. The summed E-state index contributed by atoms with van der Waals surface area (Å²) in [5.74, 6) is 2.03. The molecule has 1 spiro atoms. The van der Waals surface area contributed by atoms with Gasteiger partial charge < -0.3 is 5.32 Å². The minimum Gasteiger partial charge on any atom is -0.359 e. The van der Waals surface area contributed by atoms with Gasteiger partial charge in [0.1, 0.15) is 0 Å². The lowest BCUT2D eigenvalue weighted by Gasteiger charge is -2.36. The molecule has 108 valence electrons. The van der Waals surface area contributed by atoms with Gasteiger partial charge in [0.25, 0.3) is 0 Å². The van der Waals surface area contributed by atoms with Crippen LogP contribution < -0.4 is 5.32 Å². The molecule has 0 aromatic heterocycles. The van der Waals surface area contributed by atoms with E-state index in [1.54, 1.807) is 0 Å². The first-order valence-electron chi connectivity index (χ1n) is 7.36. The van der Waals surface area contributed by atoms with Crippen LogP contribution in [0.2, 0.25) is 0 Å². The van der Waals surface area contributed by atoms with E-state index in [0.29, 0.717) is 5.54 Å². The number of hydrogen-bond donors (Lipinski definition) is 1. The molecule has 2 unspecified atom stereocenters. The Morgan fingerprint density at radius 1 is 1.45 bits per heavy atom. The maximum Gasteiger partial charge on any atom is 0.157 e. The van der Waals surface area contributed by atoms with E-state index < -0.39 is 0 Å². The fourth-order valence-corrected chi connectivity index (χ4v) is 4.88. The van der Waals surface area contributed by atoms with Crippen LogP contribution in [0.1, 0.15) is 38.2 Å². The fraction of sp³-hybridized carbons (Fsp3) is 0.562. The third-order valence-electron chi connectivity index (χ3n) is 4.30. The molecule has 2 atom stereocenters. The second-order valence-electron chi connectivity index (χ2n) is 6.11. The monoisotopic (exact) mass is 352 g/mol. The van der Waals surface area contributed by atoms with Crippen LogP contribution in [0.3, 0.4) is 0 Å². The zero-order chi connectivity index (χ0) is 14.0. The van der Waals surface area contributed by atoms with Crippen LogP contribution in [0.25, 0.3) is 0 Å². The first-order valence-corrected chi connectivity index (χ1v) is 9.14. The van der Waals surface area contributed by atoms with E-state index >= 15 is 0 Å². The summed E-state index contributed by atoms with van der Waals surface area (Å²) >= 11 is 5.49. The summed E-state index contributed by atoms with van der Waals surface area (Å²) in [7, 11) is 0. The highest BCUT2D eigenvalue weighted by Crippen LogP contribution is 2.38. The van der Waals surface area contributed by atoms with Crippen LogP contribution in [0.15, 0.2) is 33.7 Å². The summed E-state index contributed by atoms with van der Waals surface area (Å²) in [6.45, 7) is 3.13. The maximum atomic E-state index is 4.77. The molecule has 1 N–H and O–H groups in total. The van der Waals surface area contributed by atoms with E-state index in [-0.39, 0.29) is 0 Å². The Hall–Kier alpha value is -0.480. The van der Waals surface area contributed by atoms with E-state index in [4.69, 9.17) is 4.99 Å². The number of amidine groups is 1. The molecule has 0 amide bonds. The molecule has 20 heavy (non-hydrogen) atoms. The van der Waals surface area contributed by atoms with Gasteiger partial charge in [0.2, 0.25) is 0 Å². The predicted molar refractivity (Wildman–Crippen MR) is 91.2 cm³/mol. The summed E-state index contributed by atoms with van der Waals surface area (Å²) in [6.07, 6.45) is 5.34. The van der Waals surface area contributed by atoms with Gasteiger partial charge in [0.15, 0.2) is 5.17 Å². The Bertz CT molecular complexity index is 517. The molecule has 0 radical (unpaired) electrons. The second-order valence-corrected chi connectivity index (χ2v) is 7.93. The average Bonchev–Trinajstić information content (AvgIpc) is 2.80. The first-order chi connectivity index (χ1) is 9.67. The molecule has 1 aliphatic heterocycles. The van der Waals surface area contributed by atoms with Crippen molar-refractivity contribution in [1.82, 2.24) is 5.32 Å². The van der Waals surface area contributed by atoms with E-state index in [9.17, 15) is 0 Å². The van der Waals surface area contributed by atoms with Crippen molar-refractivity contribution in [1.29, 1.82) is 0 Å². The summed E-state index contributed by atoms with van der Waals surface area (Å²) in [5.41, 5.74) is 1.58. The van der Waals surface area contributed by atoms with Crippen LogP contribution in [-0.4, -0.2) is 16.5 Å². The summed E-state index contributed by atoms with van der Waals surface area (Å²) in [6, 6.07) is 8.32. The predicted octanol–water partition coefficient (Wildman–Crippen LogP) is 4.59. The van der Waals surface area contributed by atoms with Crippen molar-refractivity contribution >= 4 is 32.9 Å². The highest BCUT2D eigenvalue weighted by molar-refractivity contribution is 9.10. The van der Waals surface area contributed by atoms with E-state index in [0.717, 1.165) is 22.1 Å². The van der Waals surface area contributed by atoms with Gasteiger partial charge in [0, 0.05) is 15.8 Å². The topological polar surface area (TPSA) is 24.4 Å². The molecular formula is C16H21BrN2S. The van der Waals surface area contributed by atoms with Gasteiger partial charge in [-0.1, -0.05) is 65.7 Å². The lowest BCUT2D eigenvalue weighted by atomic mass is 9.78. The Kier molecular flexibility index (Phi) is 4.41. The van der Waals surface area contributed by atoms with Gasteiger partial charge in [0.05, 0.1) is 6.54 Å². The van der Waals surface area contributed by atoms with Crippen molar-refractivity contribution < 1.29 is 0 Å². The van der Waals surface area contributed by atoms with Gasteiger partial charge in [-0.3, -0.25) is 4.99 Å². The molecule has 4 heteroatoms. The SMILES string of the molecule is CC1CCCC2(CSC(=NCc3ccccc3Br)N2)C1. The van der Waals surface area contributed by atoms with Gasteiger partial charge in [-0.05, 0) is 30.4 Å². The van der Waals surface area contributed by atoms with Crippen molar-refractivity contribution in [3.05, 3.63) is 34.3 Å². The first kappa shape index (κ1) is 14.5. The Balaban J connectivity index is 1.65. The van der Waals surface area contributed by atoms with Gasteiger partial charge >= 0.3 is 0 Å². The number of rotatable bonds is 2. The van der Waals surface area contributed by atoms with Crippen LogP contribution in [0.4, 0.5) is 0 Å². The Labute approximate surface area is 134 Å². The molecular weight excluding hydrogens is 332 g/mol. The summed E-state index contributed by atoms with van der Waals surface area (Å²) in [4.78, 5) is 4.77. The fourth-order valence-electron chi connectivity index (χ4n) is 3.28. The van der Waals surface area contributed by atoms with Crippen LogP contribution in [0, 0.1) is 5.92 Å². The molecule has 1 saturated heterocycles. The standard InChI is InChI=1S/C16H21BrN2S/c1-12-5-4-8-16(9-12)11-20-15(19-16)18-10-13-6-2-3-7-14(13)17/h2-3,6-7,12H,4-5,8-11H2,1H3,(H,18,19). The van der Waals surface area contributed by atoms with Crippen molar-refractivity contribution in [2.24, 2.45) is 10.9 Å². The number of halogens is 1. The lowest BCUT2D eigenvalue weighted by Crippen LogP contribution is -2.47. The zero-order valence-corrected chi connectivity index (χ0v) is 14.3. The molecule has 1 aromatic carbocycles.